The molecule has 0 aromatic heterocycles. The van der Waals surface area contributed by atoms with Gasteiger partial charge in [-0.2, -0.15) is 0 Å². The molecule has 11 nitrogen and oxygen atoms in total. The Morgan fingerprint density at radius 3 is 1.29 bits per heavy atom. The van der Waals surface area contributed by atoms with Crippen LogP contribution in [-0.2, 0) is 32.7 Å². The van der Waals surface area contributed by atoms with Gasteiger partial charge in [-0.05, 0) is 64.2 Å². The zero-order valence-electron chi connectivity index (χ0n) is 37.6. The molecule has 3 atom stereocenters. The third-order valence-electron chi connectivity index (χ3n) is 10.5. The van der Waals surface area contributed by atoms with Gasteiger partial charge in [0.1, 0.15) is 12.7 Å². The number of aliphatic carboxylic acids is 1. The molecule has 0 rings (SSSR count). The van der Waals surface area contributed by atoms with Crippen LogP contribution in [0.4, 0.5) is 0 Å². The van der Waals surface area contributed by atoms with Crippen LogP contribution < -0.4 is 5.32 Å². The molecule has 1 amide bonds. The average Bonchev–Trinajstić information content (AvgIpc) is 3.21. The Morgan fingerprint density at radius 2 is 0.881 bits per heavy atom. The first-order chi connectivity index (χ1) is 28.6. The normalized spacial score (nSPS) is 13.8. The number of nitrogens with one attached hydrogen (secondary N) is 1. The van der Waals surface area contributed by atoms with Crippen LogP contribution in [0, 0.1) is 0 Å². The van der Waals surface area contributed by atoms with E-state index >= 15 is 0 Å². The molecule has 0 saturated heterocycles. The van der Waals surface area contributed by atoms with Crippen molar-refractivity contribution in [1.29, 1.82) is 0 Å². The molecule has 59 heavy (non-hydrogen) atoms. The van der Waals surface area contributed by atoms with Gasteiger partial charge < -0.3 is 25.2 Å². The monoisotopic (exact) mass is 858 g/mol. The second kappa shape index (κ2) is 42.6. The average molecular weight is 858 g/mol. The van der Waals surface area contributed by atoms with Gasteiger partial charge in [-0.25, -0.2) is 9.36 Å². The van der Waals surface area contributed by atoms with Crippen molar-refractivity contribution in [2.45, 2.75) is 238 Å². The fraction of sp³-hybridized carbons (Fsp3) is 0.851. The van der Waals surface area contributed by atoms with E-state index in [-0.39, 0.29) is 12.8 Å². The van der Waals surface area contributed by atoms with Crippen molar-refractivity contribution in [3.63, 3.8) is 0 Å². The molecule has 0 heterocycles. The summed E-state index contributed by atoms with van der Waals surface area (Å²) in [7, 11) is -4.76. The Kier molecular flexibility index (Phi) is 41.2. The largest absolute Gasteiger partial charge is 0.480 e. The van der Waals surface area contributed by atoms with Crippen molar-refractivity contribution in [2.24, 2.45) is 0 Å². The SMILES string of the molecule is CCCCCCC/C=C\CCCCCCCC(=O)OCC(O)COP(=O)(O)OCC(NC(=O)CCCCCCCCCCCCC/C=C/CCCCCCCC)C(=O)O. The molecule has 0 fully saturated rings. The Hall–Kier alpha value is -2.04. The molecule has 3 unspecified atom stereocenters. The molecule has 0 aliphatic heterocycles. The number of amides is 1. The highest BCUT2D eigenvalue weighted by atomic mass is 31.2. The molecule has 0 radical (unpaired) electrons. The molecule has 0 aromatic rings. The lowest BCUT2D eigenvalue weighted by molar-refractivity contribution is -0.147. The van der Waals surface area contributed by atoms with Crippen LogP contribution in [0.25, 0.3) is 0 Å². The van der Waals surface area contributed by atoms with Crippen molar-refractivity contribution in [2.75, 3.05) is 19.8 Å². The third kappa shape index (κ3) is 42.4. The van der Waals surface area contributed by atoms with Crippen LogP contribution in [0.3, 0.4) is 0 Å². The van der Waals surface area contributed by atoms with Crippen molar-refractivity contribution in [3.05, 3.63) is 24.3 Å². The number of aliphatic hydroxyl groups is 1. The van der Waals surface area contributed by atoms with Crippen LogP contribution >= 0.6 is 7.82 Å². The maximum Gasteiger partial charge on any atom is 0.472 e. The summed E-state index contributed by atoms with van der Waals surface area (Å²) in [6.45, 7) is 2.59. The first-order valence-corrected chi connectivity index (χ1v) is 25.4. The molecule has 0 aliphatic carbocycles. The molecule has 0 aromatic carbocycles. The Labute approximate surface area is 359 Å². The molecule has 0 spiro atoms. The Bertz CT molecular complexity index is 1100. The highest BCUT2D eigenvalue weighted by molar-refractivity contribution is 7.47. The van der Waals surface area contributed by atoms with Gasteiger partial charge in [0.05, 0.1) is 13.2 Å². The summed E-state index contributed by atoms with van der Waals surface area (Å²) in [5.74, 6) is -2.37. The topological polar surface area (TPSA) is 169 Å². The van der Waals surface area contributed by atoms with Gasteiger partial charge in [0.2, 0.25) is 5.91 Å². The summed E-state index contributed by atoms with van der Waals surface area (Å²) in [5.41, 5.74) is 0. The number of rotatable bonds is 45. The maximum atomic E-state index is 12.3. The van der Waals surface area contributed by atoms with Crippen LogP contribution in [0.5, 0.6) is 0 Å². The first kappa shape index (κ1) is 57.0. The second-order valence-corrected chi connectivity index (χ2v) is 17.7. The van der Waals surface area contributed by atoms with Gasteiger partial charge in [0.15, 0.2) is 6.04 Å². The molecular weight excluding hydrogens is 769 g/mol. The lowest BCUT2D eigenvalue weighted by atomic mass is 10.0. The number of phosphoric ester groups is 1. The fourth-order valence-corrected chi connectivity index (χ4v) is 7.49. The van der Waals surface area contributed by atoms with Crippen LogP contribution in [0.1, 0.15) is 226 Å². The summed E-state index contributed by atoms with van der Waals surface area (Å²) in [4.78, 5) is 46.0. The minimum absolute atomic E-state index is 0.146. The van der Waals surface area contributed by atoms with E-state index in [1.807, 2.05) is 0 Å². The number of carboxylic acids is 1. The molecule has 4 N–H and O–H groups in total. The number of hydrogen-bond acceptors (Lipinski definition) is 8. The quantitative estimate of drug-likeness (QED) is 0.0200. The minimum Gasteiger partial charge on any atom is -0.480 e. The number of unbranched alkanes of at least 4 members (excludes halogenated alkanes) is 27. The van der Waals surface area contributed by atoms with E-state index in [0.717, 1.165) is 57.8 Å². The zero-order chi connectivity index (χ0) is 43.5. The predicted octanol–water partition coefficient (Wildman–Crippen LogP) is 12.6. The van der Waals surface area contributed by atoms with Crippen molar-refractivity contribution >= 4 is 25.7 Å². The molecule has 346 valence electrons. The van der Waals surface area contributed by atoms with Gasteiger partial charge in [-0.1, -0.05) is 173 Å². The lowest BCUT2D eigenvalue weighted by Crippen LogP contribution is -2.43. The van der Waals surface area contributed by atoms with Crippen molar-refractivity contribution < 1.29 is 47.8 Å². The summed E-state index contributed by atoms with van der Waals surface area (Å²) in [6.07, 6.45) is 44.8. The highest BCUT2D eigenvalue weighted by Crippen LogP contribution is 2.43. The van der Waals surface area contributed by atoms with E-state index < -0.39 is 57.6 Å². The Morgan fingerprint density at radius 1 is 0.525 bits per heavy atom. The van der Waals surface area contributed by atoms with E-state index in [2.05, 4.69) is 43.5 Å². The van der Waals surface area contributed by atoms with E-state index in [1.165, 1.54) is 128 Å². The number of aliphatic hydroxyl groups excluding tert-OH is 1. The van der Waals surface area contributed by atoms with E-state index in [9.17, 15) is 34.1 Å². The summed E-state index contributed by atoms with van der Waals surface area (Å²) in [5, 5.41) is 21.9. The van der Waals surface area contributed by atoms with Gasteiger partial charge >= 0.3 is 19.8 Å². The van der Waals surface area contributed by atoms with Gasteiger partial charge in [-0.3, -0.25) is 18.6 Å². The Balaban J connectivity index is 3.85. The number of carbonyl (C=O) groups is 3. The number of allylic oxidation sites excluding steroid dienone is 4. The first-order valence-electron chi connectivity index (χ1n) is 23.9. The van der Waals surface area contributed by atoms with Crippen LogP contribution in [-0.4, -0.2) is 64.9 Å². The van der Waals surface area contributed by atoms with Crippen molar-refractivity contribution in [1.82, 2.24) is 5.32 Å². The van der Waals surface area contributed by atoms with Crippen LogP contribution in [0.15, 0.2) is 24.3 Å². The number of carboxylic acid groups (broad SMARTS) is 1. The van der Waals surface area contributed by atoms with Crippen LogP contribution in [0.2, 0.25) is 0 Å². The molecule has 0 saturated carbocycles. The highest BCUT2D eigenvalue weighted by Gasteiger charge is 2.28. The number of esters is 1. The predicted molar refractivity (Wildman–Crippen MR) is 240 cm³/mol. The zero-order valence-corrected chi connectivity index (χ0v) is 38.5. The lowest BCUT2D eigenvalue weighted by Gasteiger charge is -2.18. The molecule has 0 bridgehead atoms. The smallest absolute Gasteiger partial charge is 0.472 e. The van der Waals surface area contributed by atoms with Gasteiger partial charge in [0, 0.05) is 12.8 Å². The minimum atomic E-state index is -4.76. The maximum absolute atomic E-state index is 12.3. The standard InChI is InChI=1S/C47H88NO10P/c1-3-5-7-9-11-13-15-17-19-20-21-22-23-24-25-26-28-30-32-34-36-38-45(50)48-44(47(52)53)42-58-59(54,55)57-41-43(49)40-56-46(51)39-37-35-33-31-29-27-18-16-14-12-10-8-6-4-2/h16-19,43-44,49H,3-15,20-42H2,1-2H3,(H,48,50)(H,52,53)(H,54,55)/b18-16-,19-17+. The summed E-state index contributed by atoms with van der Waals surface area (Å²) >= 11 is 0. The third-order valence-corrected chi connectivity index (χ3v) is 11.4. The second-order valence-electron chi connectivity index (χ2n) is 16.3. The van der Waals surface area contributed by atoms with Crippen molar-refractivity contribution in [3.8, 4) is 0 Å². The van der Waals surface area contributed by atoms with E-state index in [1.54, 1.807) is 0 Å². The van der Waals surface area contributed by atoms with E-state index in [4.69, 9.17) is 13.8 Å². The molecule has 0 aliphatic rings. The number of phosphoric acid groups is 1. The summed E-state index contributed by atoms with van der Waals surface area (Å²) in [6, 6.07) is -1.55. The molecular formula is C47H88NO10P. The fourth-order valence-electron chi connectivity index (χ4n) is 6.72. The van der Waals surface area contributed by atoms with Gasteiger partial charge in [-0.15, -0.1) is 0 Å². The van der Waals surface area contributed by atoms with E-state index in [0.29, 0.717) is 12.8 Å². The number of hydrogen-bond donors (Lipinski definition) is 4. The number of carbonyl (C=O) groups excluding carboxylic acids is 2. The summed E-state index contributed by atoms with van der Waals surface area (Å²) < 4.78 is 26.9. The van der Waals surface area contributed by atoms with Gasteiger partial charge in [0.25, 0.3) is 0 Å². The molecule has 12 heteroatoms. The number of ether oxygens (including phenoxy) is 1.